The molecular weight excluding hydrogens is 452 g/mol. The molecule has 0 spiro atoms. The molecule has 3 aromatic rings. The summed E-state index contributed by atoms with van der Waals surface area (Å²) in [6, 6.07) is 17.0. The van der Waals surface area contributed by atoms with Gasteiger partial charge in [0.2, 0.25) is 5.88 Å². The van der Waals surface area contributed by atoms with E-state index in [1.165, 1.54) is 18.1 Å². The maximum Gasteiger partial charge on any atom is 0.283 e. The minimum atomic E-state index is -0.0397. The van der Waals surface area contributed by atoms with Gasteiger partial charge in [-0.15, -0.1) is 0 Å². The summed E-state index contributed by atoms with van der Waals surface area (Å²) < 4.78 is 16.9. The Morgan fingerprint density at radius 3 is 2.44 bits per heavy atom. The normalized spacial score (nSPS) is 15.1. The van der Waals surface area contributed by atoms with Gasteiger partial charge in [-0.25, -0.2) is 9.97 Å². The molecule has 2 heterocycles. The Bertz CT molecular complexity index is 1140. The van der Waals surface area contributed by atoms with Crippen LogP contribution in [0.3, 0.4) is 0 Å². The maximum atomic E-state index is 11.5. The standard InChI is InChI=1S/C25H26N4O4S/c1-17-22(34-25(30)28-17)14-18-4-6-20(7-5-18)32-13-12-29(2)23-15-24(27-16-26-23)33-21-10-8-19(31-3)9-11-21/h4-11,15-16,22H,1,12-14H2,2-3H3,(H,28,30). The number of likely N-dealkylation sites (N-methyl/N-ethyl adjacent to an activating group) is 1. The number of thioether (sulfide) groups is 1. The molecule has 9 heteroatoms. The number of nitrogens with zero attached hydrogens (tertiary/aromatic N) is 3. The Labute approximate surface area is 203 Å². The molecule has 1 amide bonds. The zero-order valence-electron chi connectivity index (χ0n) is 19.1. The minimum Gasteiger partial charge on any atom is -0.497 e. The number of carbonyl (C=O) groups excluding carboxylic acids is 1. The third-order valence-electron chi connectivity index (χ3n) is 5.24. The van der Waals surface area contributed by atoms with Crippen LogP contribution in [0.4, 0.5) is 10.6 Å². The van der Waals surface area contributed by atoms with E-state index in [9.17, 15) is 4.79 Å². The summed E-state index contributed by atoms with van der Waals surface area (Å²) >= 11 is 1.28. The van der Waals surface area contributed by atoms with Crippen LogP contribution in [0.1, 0.15) is 5.56 Å². The summed E-state index contributed by atoms with van der Waals surface area (Å²) in [5, 5.41) is 2.78. The number of rotatable bonds is 10. The average Bonchev–Trinajstić information content (AvgIpc) is 3.17. The van der Waals surface area contributed by atoms with Gasteiger partial charge in [0, 0.05) is 18.8 Å². The fourth-order valence-corrected chi connectivity index (χ4v) is 4.24. The quantitative estimate of drug-likeness (QED) is 0.450. The van der Waals surface area contributed by atoms with E-state index in [2.05, 4.69) is 21.9 Å². The fourth-order valence-electron chi connectivity index (χ4n) is 3.32. The van der Waals surface area contributed by atoms with Gasteiger partial charge >= 0.3 is 0 Å². The van der Waals surface area contributed by atoms with Crippen LogP contribution in [0, 0.1) is 0 Å². The molecule has 176 valence electrons. The molecular formula is C25H26N4O4S. The first-order chi connectivity index (χ1) is 16.5. The van der Waals surface area contributed by atoms with E-state index >= 15 is 0 Å². The van der Waals surface area contributed by atoms with Gasteiger partial charge in [0.25, 0.3) is 5.24 Å². The monoisotopic (exact) mass is 478 g/mol. The predicted octanol–water partition coefficient (Wildman–Crippen LogP) is 4.67. The molecule has 1 aromatic heterocycles. The van der Waals surface area contributed by atoms with Crippen LogP contribution in [0.15, 0.2) is 73.2 Å². The van der Waals surface area contributed by atoms with Crippen LogP contribution in [-0.4, -0.2) is 47.8 Å². The molecule has 1 fully saturated rings. The van der Waals surface area contributed by atoms with Crippen molar-refractivity contribution in [3.63, 3.8) is 0 Å². The molecule has 0 saturated carbocycles. The third-order valence-corrected chi connectivity index (χ3v) is 6.29. The molecule has 1 atom stereocenters. The number of amides is 1. The van der Waals surface area contributed by atoms with Crippen LogP contribution >= 0.6 is 11.8 Å². The van der Waals surface area contributed by atoms with Crippen molar-refractivity contribution in [1.82, 2.24) is 15.3 Å². The lowest BCUT2D eigenvalue weighted by Gasteiger charge is -2.19. The van der Waals surface area contributed by atoms with E-state index in [-0.39, 0.29) is 10.5 Å². The Morgan fingerprint density at radius 1 is 1.06 bits per heavy atom. The summed E-state index contributed by atoms with van der Waals surface area (Å²) in [6.45, 7) is 5.03. The van der Waals surface area contributed by atoms with Crippen molar-refractivity contribution in [2.45, 2.75) is 11.7 Å². The first kappa shape index (κ1) is 23.4. The van der Waals surface area contributed by atoms with Crippen molar-refractivity contribution in [1.29, 1.82) is 0 Å². The first-order valence-corrected chi connectivity index (χ1v) is 11.6. The molecule has 4 rings (SSSR count). The number of hydrogen-bond donors (Lipinski definition) is 1. The molecule has 0 radical (unpaired) electrons. The second kappa shape index (κ2) is 10.9. The maximum absolute atomic E-state index is 11.5. The van der Waals surface area contributed by atoms with Gasteiger partial charge in [-0.1, -0.05) is 30.5 Å². The molecule has 1 aliphatic heterocycles. The summed E-state index contributed by atoms with van der Waals surface area (Å²) in [5.74, 6) is 3.40. The van der Waals surface area contributed by atoms with Gasteiger partial charge in [-0.3, -0.25) is 4.79 Å². The molecule has 1 aliphatic rings. The van der Waals surface area contributed by atoms with Crippen molar-refractivity contribution < 1.29 is 19.0 Å². The zero-order valence-corrected chi connectivity index (χ0v) is 19.9. The van der Waals surface area contributed by atoms with Crippen LogP contribution < -0.4 is 24.4 Å². The lowest BCUT2D eigenvalue weighted by atomic mass is 10.1. The van der Waals surface area contributed by atoms with Crippen molar-refractivity contribution in [3.05, 3.63) is 78.8 Å². The number of hydrogen-bond acceptors (Lipinski definition) is 8. The number of methoxy groups -OCH3 is 1. The number of nitrogens with one attached hydrogen (secondary N) is 1. The van der Waals surface area contributed by atoms with Gasteiger partial charge in [0.05, 0.1) is 18.9 Å². The summed E-state index contributed by atoms with van der Waals surface area (Å²) in [4.78, 5) is 21.9. The number of benzene rings is 2. The number of aromatic nitrogens is 2. The van der Waals surface area contributed by atoms with Crippen LogP contribution in [-0.2, 0) is 6.42 Å². The van der Waals surface area contributed by atoms with E-state index in [0.717, 1.165) is 35.0 Å². The SMILES string of the molecule is C=C1NC(=O)SC1Cc1ccc(OCCN(C)c2cc(Oc3ccc(OC)cc3)ncn2)cc1. The molecule has 0 aliphatic carbocycles. The molecule has 2 aromatic carbocycles. The second-order valence-electron chi connectivity index (χ2n) is 7.65. The topological polar surface area (TPSA) is 85.8 Å². The van der Waals surface area contributed by atoms with Crippen LogP contribution in [0.5, 0.6) is 23.1 Å². The van der Waals surface area contributed by atoms with Crippen molar-refractivity contribution in [2.24, 2.45) is 0 Å². The highest BCUT2D eigenvalue weighted by Gasteiger charge is 2.26. The Kier molecular flexibility index (Phi) is 7.54. The highest BCUT2D eigenvalue weighted by Crippen LogP contribution is 2.29. The van der Waals surface area contributed by atoms with Gasteiger partial charge in [-0.2, -0.15) is 0 Å². The third kappa shape index (κ3) is 6.20. The van der Waals surface area contributed by atoms with Crippen molar-refractivity contribution in [3.8, 4) is 23.1 Å². The highest BCUT2D eigenvalue weighted by molar-refractivity contribution is 8.14. The second-order valence-corrected chi connectivity index (χ2v) is 8.83. The van der Waals surface area contributed by atoms with Gasteiger partial charge < -0.3 is 24.4 Å². The van der Waals surface area contributed by atoms with E-state index in [1.54, 1.807) is 13.2 Å². The summed E-state index contributed by atoms with van der Waals surface area (Å²) in [7, 11) is 3.56. The van der Waals surface area contributed by atoms with Gasteiger partial charge in [-0.05, 0) is 48.4 Å². The Morgan fingerprint density at radius 2 is 1.76 bits per heavy atom. The van der Waals surface area contributed by atoms with Crippen LogP contribution in [0.2, 0.25) is 0 Å². The highest BCUT2D eigenvalue weighted by atomic mass is 32.2. The Hall–Kier alpha value is -3.72. The van der Waals surface area contributed by atoms with Gasteiger partial charge in [0.1, 0.15) is 36.0 Å². The summed E-state index contributed by atoms with van der Waals surface area (Å²) in [5.41, 5.74) is 1.89. The van der Waals surface area contributed by atoms with Crippen LogP contribution in [0.25, 0.3) is 0 Å². The summed E-state index contributed by atoms with van der Waals surface area (Å²) in [6.07, 6.45) is 2.23. The molecule has 1 unspecified atom stereocenters. The predicted molar refractivity (Wildman–Crippen MR) is 133 cm³/mol. The number of carbonyl (C=O) groups is 1. The van der Waals surface area contributed by atoms with E-state index in [1.807, 2.05) is 60.5 Å². The zero-order chi connectivity index (χ0) is 23.9. The molecule has 1 N–H and O–H groups in total. The minimum absolute atomic E-state index is 0.0397. The molecule has 0 bridgehead atoms. The number of ether oxygens (including phenoxy) is 3. The first-order valence-electron chi connectivity index (χ1n) is 10.7. The van der Waals surface area contributed by atoms with E-state index < -0.39 is 0 Å². The lowest BCUT2D eigenvalue weighted by molar-refractivity contribution is 0.263. The van der Waals surface area contributed by atoms with E-state index in [4.69, 9.17) is 14.2 Å². The Balaban J connectivity index is 1.25. The molecule has 8 nitrogen and oxygen atoms in total. The molecule has 34 heavy (non-hydrogen) atoms. The fraction of sp³-hybridized carbons (Fsp3) is 0.240. The molecule has 1 saturated heterocycles. The van der Waals surface area contributed by atoms with Gasteiger partial charge in [0.15, 0.2) is 0 Å². The van der Waals surface area contributed by atoms with Crippen molar-refractivity contribution >= 4 is 22.8 Å². The lowest BCUT2D eigenvalue weighted by Crippen LogP contribution is -2.24. The smallest absolute Gasteiger partial charge is 0.283 e. The van der Waals surface area contributed by atoms with Crippen molar-refractivity contribution in [2.75, 3.05) is 32.2 Å². The number of anilines is 1. The van der Waals surface area contributed by atoms with E-state index in [0.29, 0.717) is 24.8 Å². The average molecular weight is 479 g/mol. The largest absolute Gasteiger partial charge is 0.497 e.